The number of carbonyl (C=O) groups excluding carboxylic acids is 1. The second-order valence-corrected chi connectivity index (χ2v) is 2.22. The van der Waals surface area contributed by atoms with Crippen LogP contribution < -0.4 is 5.32 Å². The van der Waals surface area contributed by atoms with Crippen LogP contribution in [-0.4, -0.2) is 36.7 Å². The molecule has 0 bridgehead atoms. The highest BCUT2D eigenvalue weighted by Crippen LogP contribution is 1.79. The van der Waals surface area contributed by atoms with E-state index in [9.17, 15) is 9.59 Å². The second-order valence-electron chi connectivity index (χ2n) is 2.22. The maximum absolute atomic E-state index is 10.7. The number of nitrogens with one attached hydrogen (secondary N) is 1. The molecule has 0 unspecified atom stereocenters. The minimum atomic E-state index is -1.06. The zero-order valence-corrected chi connectivity index (χ0v) is 7.00. The van der Waals surface area contributed by atoms with Crippen LogP contribution in [0.4, 0.5) is 0 Å². The monoisotopic (exact) mass is 175 g/mol. The Morgan fingerprint density at radius 1 is 1.50 bits per heavy atom. The van der Waals surface area contributed by atoms with Crippen molar-refractivity contribution in [1.82, 2.24) is 5.32 Å². The molecule has 0 aliphatic heterocycles. The number of amides is 1. The van der Waals surface area contributed by atoms with Gasteiger partial charge in [-0.15, -0.1) is 0 Å². The van der Waals surface area contributed by atoms with Gasteiger partial charge in [0.05, 0.1) is 0 Å². The van der Waals surface area contributed by atoms with E-state index in [2.05, 4.69) is 5.32 Å². The lowest BCUT2D eigenvalue weighted by molar-refractivity contribution is -0.138. The summed E-state index contributed by atoms with van der Waals surface area (Å²) in [5.41, 5.74) is 0. The molecule has 0 aromatic heterocycles. The van der Waals surface area contributed by atoms with E-state index in [0.29, 0.717) is 6.61 Å². The van der Waals surface area contributed by atoms with Gasteiger partial charge in [0.25, 0.3) is 0 Å². The van der Waals surface area contributed by atoms with Crippen molar-refractivity contribution in [2.75, 3.05) is 19.8 Å². The van der Waals surface area contributed by atoms with Gasteiger partial charge in [0.2, 0.25) is 5.91 Å². The highest BCUT2D eigenvalue weighted by molar-refractivity contribution is 5.81. The molecule has 0 aromatic carbocycles. The van der Waals surface area contributed by atoms with Gasteiger partial charge >= 0.3 is 5.97 Å². The van der Waals surface area contributed by atoms with Crippen molar-refractivity contribution in [1.29, 1.82) is 0 Å². The van der Waals surface area contributed by atoms with Crippen molar-refractivity contribution >= 4 is 11.9 Å². The van der Waals surface area contributed by atoms with E-state index in [0.717, 1.165) is 6.42 Å². The van der Waals surface area contributed by atoms with Crippen molar-refractivity contribution < 1.29 is 19.4 Å². The van der Waals surface area contributed by atoms with Crippen LogP contribution in [0.3, 0.4) is 0 Å². The molecular weight excluding hydrogens is 162 g/mol. The molecule has 2 N–H and O–H groups in total. The van der Waals surface area contributed by atoms with Gasteiger partial charge in [0.1, 0.15) is 13.2 Å². The fourth-order valence-electron chi connectivity index (χ4n) is 0.534. The van der Waals surface area contributed by atoms with Crippen molar-refractivity contribution in [2.24, 2.45) is 0 Å². The topological polar surface area (TPSA) is 75.6 Å². The van der Waals surface area contributed by atoms with E-state index in [4.69, 9.17) is 9.84 Å². The normalized spacial score (nSPS) is 9.42. The molecule has 0 saturated heterocycles. The number of carbonyl (C=O) groups is 2. The van der Waals surface area contributed by atoms with Gasteiger partial charge in [0, 0.05) is 6.61 Å². The summed E-state index contributed by atoms with van der Waals surface area (Å²) in [4.78, 5) is 20.7. The Labute approximate surface area is 70.7 Å². The van der Waals surface area contributed by atoms with Crippen LogP contribution in [-0.2, 0) is 14.3 Å². The Bertz CT molecular complexity index is 157. The first kappa shape index (κ1) is 10.9. The first-order valence-corrected chi connectivity index (χ1v) is 3.73. The van der Waals surface area contributed by atoms with Crippen LogP contribution in [0.1, 0.15) is 13.3 Å². The van der Waals surface area contributed by atoms with E-state index >= 15 is 0 Å². The lowest BCUT2D eigenvalue weighted by Gasteiger charge is -2.02. The molecule has 0 rings (SSSR count). The molecule has 1 amide bonds. The number of carboxylic acids is 1. The Morgan fingerprint density at radius 3 is 2.67 bits per heavy atom. The van der Waals surface area contributed by atoms with E-state index < -0.39 is 11.9 Å². The molecule has 0 atom stereocenters. The molecule has 0 aliphatic carbocycles. The minimum absolute atomic E-state index is 0.0683. The molecule has 0 spiro atoms. The van der Waals surface area contributed by atoms with Gasteiger partial charge in [-0.05, 0) is 6.42 Å². The van der Waals surface area contributed by atoms with Crippen LogP contribution in [0.5, 0.6) is 0 Å². The molecule has 5 heteroatoms. The first-order chi connectivity index (χ1) is 5.66. The number of hydrogen-bond donors (Lipinski definition) is 2. The molecule has 0 saturated carbocycles. The van der Waals surface area contributed by atoms with Crippen molar-refractivity contribution in [2.45, 2.75) is 13.3 Å². The standard InChI is InChI=1S/C7H13NO4/c1-2-3-12-5-6(9)8-4-7(10)11/h2-5H2,1H3,(H,8,9)(H,10,11). The maximum Gasteiger partial charge on any atom is 0.322 e. The molecule has 0 heterocycles. The number of carboxylic acid groups (broad SMARTS) is 1. The molecule has 0 aromatic rings. The van der Waals surface area contributed by atoms with Crippen LogP contribution in [0.25, 0.3) is 0 Å². The van der Waals surface area contributed by atoms with Gasteiger partial charge in [-0.3, -0.25) is 9.59 Å². The average molecular weight is 175 g/mol. The predicted octanol–water partition coefficient (Wildman–Crippen LogP) is -0.386. The third-order valence-electron chi connectivity index (χ3n) is 1.02. The van der Waals surface area contributed by atoms with Gasteiger partial charge in [0.15, 0.2) is 0 Å². The summed E-state index contributed by atoms with van der Waals surface area (Å²) in [6.07, 6.45) is 0.839. The third kappa shape index (κ3) is 7.01. The predicted molar refractivity (Wildman–Crippen MR) is 41.8 cm³/mol. The molecular formula is C7H13NO4. The minimum Gasteiger partial charge on any atom is -0.480 e. The Hall–Kier alpha value is -1.10. The summed E-state index contributed by atoms with van der Waals surface area (Å²) >= 11 is 0. The van der Waals surface area contributed by atoms with Crippen LogP contribution >= 0.6 is 0 Å². The first-order valence-electron chi connectivity index (χ1n) is 3.73. The average Bonchev–Trinajstić information content (AvgIpc) is 2.01. The molecule has 12 heavy (non-hydrogen) atoms. The van der Waals surface area contributed by atoms with E-state index in [-0.39, 0.29) is 13.2 Å². The fourth-order valence-corrected chi connectivity index (χ4v) is 0.534. The highest BCUT2D eigenvalue weighted by Gasteiger charge is 2.02. The quantitative estimate of drug-likeness (QED) is 0.539. The Balaban J connectivity index is 3.28. The van der Waals surface area contributed by atoms with E-state index in [1.165, 1.54) is 0 Å². The summed E-state index contributed by atoms with van der Waals surface area (Å²) in [6, 6.07) is 0. The second kappa shape index (κ2) is 6.60. The number of aliphatic carboxylic acids is 1. The summed E-state index contributed by atoms with van der Waals surface area (Å²) in [5, 5.41) is 10.4. The smallest absolute Gasteiger partial charge is 0.322 e. The molecule has 5 nitrogen and oxygen atoms in total. The van der Waals surface area contributed by atoms with E-state index in [1.54, 1.807) is 0 Å². The number of ether oxygens (including phenoxy) is 1. The zero-order valence-electron chi connectivity index (χ0n) is 7.00. The van der Waals surface area contributed by atoms with Crippen LogP contribution in [0, 0.1) is 0 Å². The van der Waals surface area contributed by atoms with Gasteiger partial charge < -0.3 is 15.2 Å². The summed E-state index contributed by atoms with van der Waals surface area (Å²) in [5.74, 6) is -1.45. The number of hydrogen-bond acceptors (Lipinski definition) is 3. The highest BCUT2D eigenvalue weighted by atomic mass is 16.5. The maximum atomic E-state index is 10.7. The van der Waals surface area contributed by atoms with Crippen molar-refractivity contribution in [3.63, 3.8) is 0 Å². The molecule has 0 fully saturated rings. The lowest BCUT2D eigenvalue weighted by atomic mass is 10.5. The SMILES string of the molecule is CCCOCC(=O)NCC(=O)O. The van der Waals surface area contributed by atoms with Crippen LogP contribution in [0.2, 0.25) is 0 Å². The summed E-state index contributed by atoms with van der Waals surface area (Å²) in [6.45, 7) is 2.02. The van der Waals surface area contributed by atoms with Crippen LogP contribution in [0.15, 0.2) is 0 Å². The van der Waals surface area contributed by atoms with Gasteiger partial charge in [-0.2, -0.15) is 0 Å². The summed E-state index contributed by atoms with van der Waals surface area (Å²) in [7, 11) is 0. The summed E-state index contributed by atoms with van der Waals surface area (Å²) < 4.78 is 4.87. The fraction of sp³-hybridized carbons (Fsp3) is 0.714. The van der Waals surface area contributed by atoms with Crippen molar-refractivity contribution in [3.8, 4) is 0 Å². The molecule has 0 aliphatic rings. The van der Waals surface area contributed by atoms with Crippen molar-refractivity contribution in [3.05, 3.63) is 0 Å². The Kier molecular flexibility index (Phi) is 6.00. The lowest BCUT2D eigenvalue weighted by Crippen LogP contribution is -2.32. The zero-order chi connectivity index (χ0) is 9.40. The molecule has 70 valence electrons. The Morgan fingerprint density at radius 2 is 2.17 bits per heavy atom. The van der Waals surface area contributed by atoms with Gasteiger partial charge in [-0.1, -0.05) is 6.92 Å². The molecule has 0 radical (unpaired) electrons. The third-order valence-corrected chi connectivity index (χ3v) is 1.02. The van der Waals surface area contributed by atoms with E-state index in [1.807, 2.05) is 6.92 Å². The number of rotatable bonds is 6. The largest absolute Gasteiger partial charge is 0.480 e. The van der Waals surface area contributed by atoms with Gasteiger partial charge in [-0.25, -0.2) is 0 Å².